The maximum absolute atomic E-state index is 11.8. The van der Waals surface area contributed by atoms with Crippen molar-refractivity contribution >= 4 is 45.7 Å². The van der Waals surface area contributed by atoms with Gasteiger partial charge in [-0.25, -0.2) is 0 Å². The van der Waals surface area contributed by atoms with E-state index in [4.69, 9.17) is 11.6 Å². The molecule has 0 atom stereocenters. The van der Waals surface area contributed by atoms with Crippen molar-refractivity contribution in [3.63, 3.8) is 0 Å². The second-order valence-electron chi connectivity index (χ2n) is 3.86. The summed E-state index contributed by atoms with van der Waals surface area (Å²) in [5, 5.41) is 3.68. The fraction of sp³-hybridized carbons (Fsp3) is 0. The van der Waals surface area contributed by atoms with Crippen molar-refractivity contribution in [2.75, 3.05) is 5.32 Å². The normalized spacial score (nSPS) is 10.6. The molecule has 0 aliphatic carbocycles. The van der Waals surface area contributed by atoms with E-state index in [1.807, 2.05) is 24.3 Å². The Morgan fingerprint density at radius 2 is 1.68 bits per heavy atom. The third-order valence-electron chi connectivity index (χ3n) is 2.46. The predicted molar refractivity (Wildman–Crippen MR) is 87.7 cm³/mol. The molecule has 1 N–H and O–H groups in total. The van der Waals surface area contributed by atoms with E-state index in [9.17, 15) is 4.79 Å². The van der Waals surface area contributed by atoms with E-state index < -0.39 is 0 Å². The molecule has 96 valence electrons. The monoisotopic (exact) mass is 383 g/mol. The van der Waals surface area contributed by atoms with Gasteiger partial charge < -0.3 is 5.32 Å². The van der Waals surface area contributed by atoms with Crippen LogP contribution in [0.4, 0.5) is 5.69 Å². The molecule has 0 radical (unpaired) electrons. The molecule has 2 rings (SSSR count). The van der Waals surface area contributed by atoms with Crippen LogP contribution in [0.25, 0.3) is 0 Å². The molecule has 0 saturated carbocycles. The van der Waals surface area contributed by atoms with Gasteiger partial charge in [-0.1, -0.05) is 11.6 Å². The summed E-state index contributed by atoms with van der Waals surface area (Å²) in [6.45, 7) is 0. The third kappa shape index (κ3) is 4.36. The van der Waals surface area contributed by atoms with Crippen molar-refractivity contribution in [2.24, 2.45) is 0 Å². The minimum absolute atomic E-state index is 0.0605. The predicted octanol–water partition coefficient (Wildman–Crippen LogP) is 4.75. The Morgan fingerprint density at radius 3 is 2.32 bits per heavy atom. The average Bonchev–Trinajstić information content (AvgIpc) is 2.41. The van der Waals surface area contributed by atoms with Crippen LogP contribution in [0.15, 0.2) is 60.8 Å². The molecule has 4 heteroatoms. The highest BCUT2D eigenvalue weighted by molar-refractivity contribution is 14.1. The maximum atomic E-state index is 11.8. The van der Waals surface area contributed by atoms with Crippen LogP contribution < -0.4 is 5.32 Å². The summed E-state index contributed by atoms with van der Waals surface area (Å²) < 4.78 is 1.17. The Balaban J connectivity index is 1.97. The third-order valence-corrected chi connectivity index (χ3v) is 3.43. The number of carbonyl (C=O) groups is 1. The van der Waals surface area contributed by atoms with Crippen LogP contribution in [0.3, 0.4) is 0 Å². The number of halogens is 2. The van der Waals surface area contributed by atoms with Gasteiger partial charge in [0.25, 0.3) is 0 Å². The van der Waals surface area contributed by atoms with Gasteiger partial charge in [-0.3, -0.25) is 4.79 Å². The van der Waals surface area contributed by atoms with E-state index in [-0.39, 0.29) is 5.78 Å². The number of hydrogen-bond acceptors (Lipinski definition) is 2. The summed E-state index contributed by atoms with van der Waals surface area (Å²) >= 11 is 8.02. The molecule has 0 heterocycles. The van der Waals surface area contributed by atoms with Gasteiger partial charge in [0.1, 0.15) is 0 Å². The van der Waals surface area contributed by atoms with Crippen LogP contribution in [0.5, 0.6) is 0 Å². The number of ketones is 1. The molecule has 0 amide bonds. The summed E-state index contributed by atoms with van der Waals surface area (Å²) in [7, 11) is 0. The summed E-state index contributed by atoms with van der Waals surface area (Å²) in [6, 6.07) is 14.7. The second kappa shape index (κ2) is 6.73. The first-order chi connectivity index (χ1) is 9.15. The molecular weight excluding hydrogens is 373 g/mol. The smallest absolute Gasteiger partial charge is 0.187 e. The van der Waals surface area contributed by atoms with E-state index in [0.717, 1.165) is 5.69 Å². The Labute approximate surface area is 130 Å². The number of anilines is 1. The standard InChI is InChI=1S/C15H11ClINO/c16-12-3-1-11(2-4-12)15(19)9-10-18-14-7-5-13(17)6-8-14/h1-10,18H. The Morgan fingerprint density at radius 1 is 1.05 bits per heavy atom. The molecule has 2 nitrogen and oxygen atoms in total. The van der Waals surface area contributed by atoms with Gasteiger partial charge in [0, 0.05) is 32.1 Å². The zero-order valence-corrected chi connectivity index (χ0v) is 12.9. The van der Waals surface area contributed by atoms with Crippen LogP contribution in [0.1, 0.15) is 10.4 Å². The molecule has 0 unspecified atom stereocenters. The molecule has 0 spiro atoms. The van der Waals surface area contributed by atoms with E-state index in [0.29, 0.717) is 10.6 Å². The number of benzene rings is 2. The van der Waals surface area contributed by atoms with Crippen LogP contribution in [-0.4, -0.2) is 5.78 Å². The van der Waals surface area contributed by atoms with E-state index >= 15 is 0 Å². The number of rotatable bonds is 4. The highest BCUT2D eigenvalue weighted by Crippen LogP contribution is 2.12. The minimum Gasteiger partial charge on any atom is -0.362 e. The van der Waals surface area contributed by atoms with Crippen molar-refractivity contribution in [1.82, 2.24) is 0 Å². The zero-order chi connectivity index (χ0) is 13.7. The summed E-state index contributed by atoms with van der Waals surface area (Å²) in [6.07, 6.45) is 3.14. The SMILES string of the molecule is O=C(C=CNc1ccc(I)cc1)c1ccc(Cl)cc1. The molecule has 0 fully saturated rings. The first-order valence-corrected chi connectivity index (χ1v) is 7.09. The highest BCUT2D eigenvalue weighted by Gasteiger charge is 2.00. The van der Waals surface area contributed by atoms with Gasteiger partial charge >= 0.3 is 0 Å². The largest absolute Gasteiger partial charge is 0.362 e. The van der Waals surface area contributed by atoms with E-state index in [2.05, 4.69) is 27.9 Å². The quantitative estimate of drug-likeness (QED) is 0.469. The molecule has 19 heavy (non-hydrogen) atoms. The molecule has 2 aromatic carbocycles. The number of allylic oxidation sites excluding steroid dienone is 1. The molecular formula is C15H11ClINO. The van der Waals surface area contributed by atoms with E-state index in [1.165, 1.54) is 9.65 Å². The van der Waals surface area contributed by atoms with Crippen molar-refractivity contribution in [1.29, 1.82) is 0 Å². The lowest BCUT2D eigenvalue weighted by Gasteiger charge is -2.00. The van der Waals surface area contributed by atoms with Crippen LogP contribution in [-0.2, 0) is 0 Å². The highest BCUT2D eigenvalue weighted by atomic mass is 127. The van der Waals surface area contributed by atoms with Crippen molar-refractivity contribution < 1.29 is 4.79 Å². The van der Waals surface area contributed by atoms with Gasteiger partial charge in [0.05, 0.1) is 0 Å². The number of hydrogen-bond donors (Lipinski definition) is 1. The fourth-order valence-corrected chi connectivity index (χ4v) is 1.96. The zero-order valence-electron chi connectivity index (χ0n) is 9.94. The molecule has 0 aliphatic rings. The van der Waals surface area contributed by atoms with Crippen LogP contribution in [0, 0.1) is 3.57 Å². The van der Waals surface area contributed by atoms with Crippen LogP contribution >= 0.6 is 34.2 Å². The first kappa shape index (κ1) is 14.1. The van der Waals surface area contributed by atoms with Gasteiger partial charge in [0.15, 0.2) is 5.78 Å². The average molecular weight is 384 g/mol. The van der Waals surface area contributed by atoms with Crippen molar-refractivity contribution in [3.05, 3.63) is 75.0 Å². The van der Waals surface area contributed by atoms with Crippen LogP contribution in [0.2, 0.25) is 5.02 Å². The topological polar surface area (TPSA) is 29.1 Å². The number of nitrogens with one attached hydrogen (secondary N) is 1. The Hall–Kier alpha value is -1.33. The van der Waals surface area contributed by atoms with Crippen molar-refractivity contribution in [2.45, 2.75) is 0 Å². The molecule has 0 aromatic heterocycles. The lowest BCUT2D eigenvalue weighted by atomic mass is 10.1. The molecule has 0 aliphatic heterocycles. The van der Waals surface area contributed by atoms with Gasteiger partial charge in [0.2, 0.25) is 0 Å². The Kier molecular flexibility index (Phi) is 4.99. The second-order valence-corrected chi connectivity index (χ2v) is 5.54. The number of carbonyl (C=O) groups excluding carboxylic acids is 1. The Bertz CT molecular complexity index is 591. The van der Waals surface area contributed by atoms with E-state index in [1.54, 1.807) is 30.5 Å². The molecule has 2 aromatic rings. The molecule has 0 bridgehead atoms. The first-order valence-electron chi connectivity index (χ1n) is 5.64. The maximum Gasteiger partial charge on any atom is 0.187 e. The van der Waals surface area contributed by atoms with Gasteiger partial charge in [-0.05, 0) is 71.1 Å². The minimum atomic E-state index is -0.0605. The lowest BCUT2D eigenvalue weighted by Crippen LogP contribution is -1.95. The summed E-state index contributed by atoms with van der Waals surface area (Å²) in [4.78, 5) is 11.8. The lowest BCUT2D eigenvalue weighted by molar-refractivity contribution is 0.104. The van der Waals surface area contributed by atoms with Gasteiger partial charge in [-0.2, -0.15) is 0 Å². The fourth-order valence-electron chi connectivity index (χ4n) is 1.47. The van der Waals surface area contributed by atoms with Crippen molar-refractivity contribution in [3.8, 4) is 0 Å². The summed E-state index contributed by atoms with van der Waals surface area (Å²) in [5.74, 6) is -0.0605. The van der Waals surface area contributed by atoms with Gasteiger partial charge in [-0.15, -0.1) is 0 Å². The molecule has 0 saturated heterocycles. The summed E-state index contributed by atoms with van der Waals surface area (Å²) in [5.41, 5.74) is 1.56.